The van der Waals surface area contributed by atoms with Crippen molar-refractivity contribution in [2.24, 2.45) is 0 Å². The lowest BCUT2D eigenvalue weighted by molar-refractivity contribution is 0.199. The monoisotopic (exact) mass is 326 g/mol. The number of hydrogen-bond donors (Lipinski definition) is 1. The summed E-state index contributed by atoms with van der Waals surface area (Å²) in [7, 11) is 0. The van der Waals surface area contributed by atoms with Gasteiger partial charge < -0.3 is 9.84 Å². The second kappa shape index (κ2) is 5.74. The Hall–Kier alpha value is -1.03. The number of aliphatic hydroxyl groups is 1. The lowest BCUT2D eigenvalue weighted by atomic mass is 10.1. The summed E-state index contributed by atoms with van der Waals surface area (Å²) >= 11 is 9.49. The lowest BCUT2D eigenvalue weighted by Crippen LogP contribution is -1.92. The van der Waals surface area contributed by atoms with E-state index in [0.29, 0.717) is 16.5 Å². The third-order valence-electron chi connectivity index (χ3n) is 2.46. The van der Waals surface area contributed by atoms with Crippen LogP contribution in [0.4, 0.5) is 0 Å². The summed E-state index contributed by atoms with van der Waals surface area (Å²) in [6.45, 7) is 1.69. The molecule has 0 bridgehead atoms. The van der Waals surface area contributed by atoms with Gasteiger partial charge in [-0.15, -0.1) is 0 Å². The number of halogens is 2. The van der Waals surface area contributed by atoms with Crippen LogP contribution in [0.3, 0.4) is 0 Å². The summed E-state index contributed by atoms with van der Waals surface area (Å²) in [4.78, 5) is 0. The van der Waals surface area contributed by atoms with Gasteiger partial charge in [0.25, 0.3) is 0 Å². The van der Waals surface area contributed by atoms with Gasteiger partial charge in [-0.2, -0.15) is 0 Å². The maximum absolute atomic E-state index is 9.46. The topological polar surface area (TPSA) is 29.5 Å². The molecule has 4 heteroatoms. The minimum absolute atomic E-state index is 0.480. The number of benzene rings is 2. The highest BCUT2D eigenvalue weighted by Gasteiger charge is 2.07. The van der Waals surface area contributed by atoms with Gasteiger partial charge in [-0.25, -0.2) is 0 Å². The molecule has 0 saturated carbocycles. The van der Waals surface area contributed by atoms with Crippen molar-refractivity contribution in [2.45, 2.75) is 13.0 Å². The summed E-state index contributed by atoms with van der Waals surface area (Å²) in [6.07, 6.45) is -0.539. The zero-order chi connectivity index (χ0) is 13.1. The van der Waals surface area contributed by atoms with Crippen LogP contribution in [-0.2, 0) is 0 Å². The summed E-state index contributed by atoms with van der Waals surface area (Å²) in [5.74, 6) is 1.27. The molecule has 0 heterocycles. The Labute approximate surface area is 119 Å². The van der Waals surface area contributed by atoms with Crippen molar-refractivity contribution in [3.05, 3.63) is 57.5 Å². The average molecular weight is 328 g/mol. The van der Waals surface area contributed by atoms with E-state index in [-0.39, 0.29) is 0 Å². The maximum atomic E-state index is 9.46. The fraction of sp³-hybridized carbons (Fsp3) is 0.143. The molecule has 2 rings (SSSR count). The number of ether oxygens (including phenoxy) is 1. The van der Waals surface area contributed by atoms with Gasteiger partial charge in [0.15, 0.2) is 0 Å². The molecule has 2 nitrogen and oxygen atoms in total. The van der Waals surface area contributed by atoms with E-state index in [1.165, 1.54) is 0 Å². The third kappa shape index (κ3) is 3.25. The van der Waals surface area contributed by atoms with E-state index in [0.717, 1.165) is 10.0 Å². The summed E-state index contributed by atoms with van der Waals surface area (Å²) < 4.78 is 6.62. The largest absolute Gasteiger partial charge is 0.456 e. The van der Waals surface area contributed by atoms with Crippen LogP contribution in [-0.4, -0.2) is 5.11 Å². The van der Waals surface area contributed by atoms with Gasteiger partial charge in [0, 0.05) is 4.47 Å². The first-order chi connectivity index (χ1) is 8.56. The Morgan fingerprint density at radius 2 is 2.00 bits per heavy atom. The van der Waals surface area contributed by atoms with E-state index in [1.54, 1.807) is 25.1 Å². The van der Waals surface area contributed by atoms with E-state index in [9.17, 15) is 5.11 Å². The zero-order valence-corrected chi connectivity index (χ0v) is 12.1. The van der Waals surface area contributed by atoms with Gasteiger partial charge in [0.2, 0.25) is 0 Å². The van der Waals surface area contributed by atoms with Crippen LogP contribution < -0.4 is 4.74 Å². The molecule has 0 unspecified atom stereocenters. The summed E-state index contributed by atoms with van der Waals surface area (Å²) in [6, 6.07) is 12.8. The second-order valence-electron chi connectivity index (χ2n) is 3.93. The van der Waals surface area contributed by atoms with E-state index >= 15 is 0 Å². The van der Waals surface area contributed by atoms with Gasteiger partial charge in [-0.1, -0.05) is 39.7 Å². The van der Waals surface area contributed by atoms with Crippen molar-refractivity contribution < 1.29 is 9.84 Å². The molecule has 0 aliphatic heterocycles. The minimum Gasteiger partial charge on any atom is -0.456 e. The van der Waals surface area contributed by atoms with Crippen LogP contribution in [0.5, 0.6) is 11.5 Å². The van der Waals surface area contributed by atoms with Crippen LogP contribution >= 0.6 is 27.5 Å². The smallest absolute Gasteiger partial charge is 0.146 e. The molecule has 0 fully saturated rings. The van der Waals surface area contributed by atoms with E-state index < -0.39 is 6.10 Å². The molecule has 2 aromatic carbocycles. The second-order valence-corrected chi connectivity index (χ2v) is 5.25. The van der Waals surface area contributed by atoms with Gasteiger partial charge in [0.05, 0.1) is 11.1 Å². The highest BCUT2D eigenvalue weighted by molar-refractivity contribution is 9.10. The first-order valence-electron chi connectivity index (χ1n) is 5.47. The molecule has 0 aliphatic carbocycles. The van der Waals surface area contributed by atoms with Gasteiger partial charge in [-0.05, 0) is 42.8 Å². The predicted molar refractivity (Wildman–Crippen MR) is 76.3 cm³/mol. The Bertz CT molecular complexity index is 555. The maximum Gasteiger partial charge on any atom is 0.146 e. The molecule has 94 valence electrons. The zero-order valence-electron chi connectivity index (χ0n) is 9.73. The molecule has 1 atom stereocenters. The van der Waals surface area contributed by atoms with E-state index in [2.05, 4.69) is 15.9 Å². The van der Waals surface area contributed by atoms with Gasteiger partial charge in [0.1, 0.15) is 11.5 Å². The highest BCUT2D eigenvalue weighted by Crippen LogP contribution is 2.32. The standard InChI is InChI=1S/C14H12BrClO2/c1-9(17)10-5-6-14(13(16)7-10)18-12-4-2-3-11(15)8-12/h2-9,17H,1H3/t9-/m0/s1. The Kier molecular flexibility index (Phi) is 4.27. The normalized spacial score (nSPS) is 12.2. The predicted octanol–water partition coefficient (Wildman–Crippen LogP) is 4.95. The van der Waals surface area contributed by atoms with E-state index in [4.69, 9.17) is 16.3 Å². The van der Waals surface area contributed by atoms with Crippen molar-refractivity contribution in [1.29, 1.82) is 0 Å². The molecule has 2 aromatic rings. The Morgan fingerprint density at radius 1 is 1.22 bits per heavy atom. The van der Waals surface area contributed by atoms with Gasteiger partial charge >= 0.3 is 0 Å². The van der Waals surface area contributed by atoms with Crippen LogP contribution in [0.2, 0.25) is 5.02 Å². The number of aliphatic hydroxyl groups excluding tert-OH is 1. The molecule has 0 aliphatic rings. The van der Waals surface area contributed by atoms with Crippen molar-refractivity contribution in [3.63, 3.8) is 0 Å². The molecular formula is C14H12BrClO2. The first kappa shape index (κ1) is 13.4. The van der Waals surface area contributed by atoms with Crippen molar-refractivity contribution in [3.8, 4) is 11.5 Å². The average Bonchev–Trinajstić information content (AvgIpc) is 2.31. The summed E-state index contributed by atoms with van der Waals surface area (Å²) in [5, 5.41) is 9.94. The highest BCUT2D eigenvalue weighted by atomic mass is 79.9. The molecule has 1 N–H and O–H groups in total. The molecule has 0 radical (unpaired) electrons. The molecule has 0 saturated heterocycles. The fourth-order valence-electron chi connectivity index (χ4n) is 1.52. The SMILES string of the molecule is C[C@H](O)c1ccc(Oc2cccc(Br)c2)c(Cl)c1. The summed E-state index contributed by atoms with van der Waals surface area (Å²) in [5.41, 5.74) is 0.765. The van der Waals surface area contributed by atoms with Crippen LogP contribution in [0, 0.1) is 0 Å². The number of rotatable bonds is 3. The Balaban J connectivity index is 2.24. The van der Waals surface area contributed by atoms with Crippen molar-refractivity contribution >= 4 is 27.5 Å². The first-order valence-corrected chi connectivity index (χ1v) is 6.64. The molecule has 0 aromatic heterocycles. The van der Waals surface area contributed by atoms with E-state index in [1.807, 2.05) is 24.3 Å². The van der Waals surface area contributed by atoms with Gasteiger partial charge in [-0.3, -0.25) is 0 Å². The Morgan fingerprint density at radius 3 is 2.61 bits per heavy atom. The number of hydrogen-bond acceptors (Lipinski definition) is 2. The fourth-order valence-corrected chi connectivity index (χ4v) is 2.12. The third-order valence-corrected chi connectivity index (χ3v) is 3.25. The molecule has 0 spiro atoms. The quantitative estimate of drug-likeness (QED) is 0.864. The minimum atomic E-state index is -0.539. The molecule has 0 amide bonds. The van der Waals surface area contributed by atoms with Crippen LogP contribution in [0.1, 0.15) is 18.6 Å². The van der Waals surface area contributed by atoms with Crippen molar-refractivity contribution in [2.75, 3.05) is 0 Å². The molecular weight excluding hydrogens is 316 g/mol. The molecule has 18 heavy (non-hydrogen) atoms. The lowest BCUT2D eigenvalue weighted by Gasteiger charge is -2.10. The van der Waals surface area contributed by atoms with Crippen LogP contribution in [0.15, 0.2) is 46.9 Å². The van der Waals surface area contributed by atoms with Crippen molar-refractivity contribution in [1.82, 2.24) is 0 Å². The van der Waals surface area contributed by atoms with Crippen LogP contribution in [0.25, 0.3) is 0 Å².